The highest BCUT2D eigenvalue weighted by Gasteiger charge is 2.15. The summed E-state index contributed by atoms with van der Waals surface area (Å²) in [7, 11) is 0. The zero-order chi connectivity index (χ0) is 13.8. The molecule has 0 aliphatic carbocycles. The van der Waals surface area contributed by atoms with E-state index in [0.717, 1.165) is 0 Å². The number of nitriles is 1. The van der Waals surface area contributed by atoms with Gasteiger partial charge in [-0.3, -0.25) is 10.1 Å². The Balaban J connectivity index is 2.43. The molecule has 0 bridgehead atoms. The first-order valence-corrected chi connectivity index (χ1v) is 6.42. The third-order valence-electron chi connectivity index (χ3n) is 2.34. The Bertz CT molecular complexity index is 683. The molecular weight excluding hydrogens is 284 g/mol. The van der Waals surface area contributed by atoms with Crippen LogP contribution in [0.1, 0.15) is 5.56 Å². The number of nitro groups is 1. The normalized spacial score (nSPS) is 9.89. The van der Waals surface area contributed by atoms with Gasteiger partial charge in [0.15, 0.2) is 0 Å². The Kier molecular flexibility index (Phi) is 4.05. The van der Waals surface area contributed by atoms with E-state index in [1.54, 1.807) is 36.4 Å². The highest BCUT2D eigenvalue weighted by Crippen LogP contribution is 2.36. The van der Waals surface area contributed by atoms with Crippen molar-refractivity contribution >= 4 is 29.1 Å². The van der Waals surface area contributed by atoms with Crippen LogP contribution in [0, 0.1) is 21.4 Å². The molecule has 0 unspecified atom stereocenters. The number of benzene rings is 2. The summed E-state index contributed by atoms with van der Waals surface area (Å²) in [5, 5.41) is 20.4. The first-order chi connectivity index (χ1) is 9.11. The van der Waals surface area contributed by atoms with Crippen molar-refractivity contribution < 1.29 is 4.92 Å². The van der Waals surface area contributed by atoms with Gasteiger partial charge < -0.3 is 0 Å². The molecule has 0 radical (unpaired) electrons. The molecule has 0 aliphatic rings. The topological polar surface area (TPSA) is 66.9 Å². The fourth-order valence-corrected chi connectivity index (χ4v) is 2.64. The van der Waals surface area contributed by atoms with E-state index < -0.39 is 4.92 Å². The van der Waals surface area contributed by atoms with Crippen LogP contribution in [0.4, 0.5) is 5.69 Å². The summed E-state index contributed by atoms with van der Waals surface area (Å²) in [5.41, 5.74) is 0.419. The van der Waals surface area contributed by atoms with E-state index in [-0.39, 0.29) is 5.69 Å². The molecule has 2 rings (SSSR count). The van der Waals surface area contributed by atoms with E-state index in [1.807, 2.05) is 6.07 Å². The molecule has 2 aromatic rings. The molecule has 0 heterocycles. The van der Waals surface area contributed by atoms with Gasteiger partial charge in [-0.15, -0.1) is 0 Å². The van der Waals surface area contributed by atoms with Crippen molar-refractivity contribution in [2.45, 2.75) is 9.79 Å². The van der Waals surface area contributed by atoms with Crippen molar-refractivity contribution in [3.05, 3.63) is 63.2 Å². The minimum absolute atomic E-state index is 0.0198. The maximum Gasteiger partial charge on any atom is 0.283 e. The standard InChI is InChI=1S/C13H7ClN2O2S/c14-10-5-6-12(9(7-10)8-15)19-13-4-2-1-3-11(13)16(17)18/h1-7H. The van der Waals surface area contributed by atoms with E-state index >= 15 is 0 Å². The first-order valence-electron chi connectivity index (χ1n) is 5.22. The lowest BCUT2D eigenvalue weighted by molar-refractivity contribution is -0.387. The molecule has 2 aromatic carbocycles. The minimum atomic E-state index is -0.440. The third kappa shape index (κ3) is 3.05. The van der Waals surface area contributed by atoms with Gasteiger partial charge in [0.05, 0.1) is 15.4 Å². The van der Waals surface area contributed by atoms with E-state index in [4.69, 9.17) is 16.9 Å². The summed E-state index contributed by atoms with van der Waals surface area (Å²) < 4.78 is 0. The van der Waals surface area contributed by atoms with Gasteiger partial charge in [-0.05, 0) is 24.3 Å². The fourth-order valence-electron chi connectivity index (χ4n) is 1.49. The zero-order valence-corrected chi connectivity index (χ0v) is 11.1. The van der Waals surface area contributed by atoms with Gasteiger partial charge in [0, 0.05) is 16.0 Å². The minimum Gasteiger partial charge on any atom is -0.258 e. The summed E-state index contributed by atoms with van der Waals surface area (Å²) in [6.45, 7) is 0. The Morgan fingerprint density at radius 3 is 2.63 bits per heavy atom. The molecule has 0 N–H and O–H groups in total. The van der Waals surface area contributed by atoms with Crippen LogP contribution >= 0.6 is 23.4 Å². The van der Waals surface area contributed by atoms with Crippen LogP contribution in [0.25, 0.3) is 0 Å². The highest BCUT2D eigenvalue weighted by atomic mass is 35.5. The molecule has 19 heavy (non-hydrogen) atoms. The lowest BCUT2D eigenvalue weighted by atomic mass is 10.2. The number of halogens is 1. The van der Waals surface area contributed by atoms with Gasteiger partial charge in [-0.25, -0.2) is 0 Å². The molecule has 0 amide bonds. The summed E-state index contributed by atoms with van der Waals surface area (Å²) >= 11 is 6.99. The predicted molar refractivity (Wildman–Crippen MR) is 73.4 cm³/mol. The molecular formula is C13H7ClN2O2S. The maximum atomic E-state index is 10.9. The van der Waals surface area contributed by atoms with Crippen molar-refractivity contribution in [3.63, 3.8) is 0 Å². The molecule has 0 saturated heterocycles. The number of hydrogen-bond donors (Lipinski definition) is 0. The van der Waals surface area contributed by atoms with E-state index in [9.17, 15) is 10.1 Å². The molecule has 0 atom stereocenters. The van der Waals surface area contributed by atoms with Crippen LogP contribution in [-0.4, -0.2) is 4.92 Å². The summed E-state index contributed by atoms with van der Waals surface area (Å²) in [6.07, 6.45) is 0. The van der Waals surface area contributed by atoms with Crippen LogP contribution in [0.15, 0.2) is 52.3 Å². The summed E-state index contributed by atoms with van der Waals surface area (Å²) in [6, 6.07) is 13.3. The van der Waals surface area contributed by atoms with Gasteiger partial charge >= 0.3 is 0 Å². The SMILES string of the molecule is N#Cc1cc(Cl)ccc1Sc1ccccc1[N+](=O)[O-]. The number of hydrogen-bond acceptors (Lipinski definition) is 4. The van der Waals surface area contributed by atoms with Crippen molar-refractivity contribution in [3.8, 4) is 6.07 Å². The molecule has 0 saturated carbocycles. The fraction of sp³-hybridized carbons (Fsp3) is 0. The average molecular weight is 291 g/mol. The number of rotatable bonds is 3. The summed E-state index contributed by atoms with van der Waals surface area (Å²) in [5.74, 6) is 0. The van der Waals surface area contributed by atoms with Gasteiger partial charge in [-0.1, -0.05) is 35.5 Å². The van der Waals surface area contributed by atoms with Gasteiger partial charge in [0.1, 0.15) is 6.07 Å². The third-order valence-corrected chi connectivity index (χ3v) is 3.72. The van der Waals surface area contributed by atoms with Gasteiger partial charge in [-0.2, -0.15) is 5.26 Å². The number of nitrogens with zero attached hydrogens (tertiary/aromatic N) is 2. The lowest BCUT2D eigenvalue weighted by Crippen LogP contribution is -1.90. The Morgan fingerprint density at radius 2 is 1.95 bits per heavy atom. The quantitative estimate of drug-likeness (QED) is 0.625. The van der Waals surface area contributed by atoms with Crippen LogP contribution < -0.4 is 0 Å². The van der Waals surface area contributed by atoms with E-state index in [1.165, 1.54) is 17.8 Å². The smallest absolute Gasteiger partial charge is 0.258 e. The second-order valence-corrected chi connectivity index (χ2v) is 5.10. The largest absolute Gasteiger partial charge is 0.283 e. The molecule has 0 spiro atoms. The first kappa shape index (κ1) is 13.4. The van der Waals surface area contributed by atoms with Gasteiger partial charge in [0.25, 0.3) is 5.69 Å². The molecule has 0 aromatic heterocycles. The Hall–Kier alpha value is -2.03. The Morgan fingerprint density at radius 1 is 1.21 bits per heavy atom. The molecule has 0 fully saturated rings. The second kappa shape index (κ2) is 5.74. The number of nitro benzene ring substituents is 1. The van der Waals surface area contributed by atoms with Crippen LogP contribution in [0.2, 0.25) is 5.02 Å². The van der Waals surface area contributed by atoms with E-state index in [2.05, 4.69) is 0 Å². The van der Waals surface area contributed by atoms with Crippen molar-refractivity contribution in [2.75, 3.05) is 0 Å². The van der Waals surface area contributed by atoms with Crippen molar-refractivity contribution in [1.82, 2.24) is 0 Å². The molecule has 94 valence electrons. The van der Waals surface area contributed by atoms with Gasteiger partial charge in [0.2, 0.25) is 0 Å². The summed E-state index contributed by atoms with van der Waals surface area (Å²) in [4.78, 5) is 11.6. The average Bonchev–Trinajstić information content (AvgIpc) is 2.41. The molecule has 4 nitrogen and oxygen atoms in total. The number of para-hydroxylation sites is 1. The lowest BCUT2D eigenvalue weighted by Gasteiger charge is -2.05. The van der Waals surface area contributed by atoms with Crippen molar-refractivity contribution in [1.29, 1.82) is 5.26 Å². The van der Waals surface area contributed by atoms with Crippen LogP contribution in [0.5, 0.6) is 0 Å². The Labute approximate surface area is 118 Å². The van der Waals surface area contributed by atoms with Crippen molar-refractivity contribution in [2.24, 2.45) is 0 Å². The van der Waals surface area contributed by atoms with E-state index in [0.29, 0.717) is 20.4 Å². The predicted octanol–water partition coefficient (Wildman–Crippen LogP) is 4.27. The molecule has 0 aliphatic heterocycles. The molecule has 6 heteroatoms. The highest BCUT2D eigenvalue weighted by molar-refractivity contribution is 7.99. The maximum absolute atomic E-state index is 10.9. The van der Waals surface area contributed by atoms with Crippen LogP contribution in [-0.2, 0) is 0 Å². The zero-order valence-electron chi connectivity index (χ0n) is 9.54. The van der Waals surface area contributed by atoms with Crippen LogP contribution in [0.3, 0.4) is 0 Å². The monoisotopic (exact) mass is 290 g/mol. The second-order valence-electron chi connectivity index (χ2n) is 3.58.